The van der Waals surface area contributed by atoms with E-state index in [1.54, 1.807) is 7.11 Å². The first-order valence-corrected chi connectivity index (χ1v) is 7.47. The van der Waals surface area contributed by atoms with E-state index in [0.29, 0.717) is 65.3 Å². The van der Waals surface area contributed by atoms with Crippen molar-refractivity contribution in [3.05, 3.63) is 0 Å². The van der Waals surface area contributed by atoms with E-state index in [-0.39, 0.29) is 5.91 Å². The van der Waals surface area contributed by atoms with Crippen LogP contribution in [0.4, 0.5) is 0 Å². The lowest BCUT2D eigenvalue weighted by Crippen LogP contribution is -2.30. The quantitative estimate of drug-likeness (QED) is 0.356. The van der Waals surface area contributed by atoms with Crippen LogP contribution in [0.15, 0.2) is 0 Å². The minimum atomic E-state index is -0.993. The van der Waals surface area contributed by atoms with Gasteiger partial charge in [-0.3, -0.25) is 9.59 Å². The van der Waals surface area contributed by atoms with E-state index in [1.165, 1.54) is 0 Å². The number of carboxylic acids is 1. The molecule has 0 rings (SSSR count). The molecule has 0 aliphatic carbocycles. The van der Waals surface area contributed by atoms with Crippen LogP contribution in [0, 0.1) is 0 Å². The Balaban J connectivity index is 3.28. The van der Waals surface area contributed by atoms with Gasteiger partial charge in [0.2, 0.25) is 5.91 Å². The molecule has 0 aromatic rings. The van der Waals surface area contributed by atoms with E-state index < -0.39 is 12.0 Å². The molecule has 0 aliphatic heterocycles. The molecule has 4 N–H and O–H groups in total. The van der Waals surface area contributed by atoms with Gasteiger partial charge in [0.25, 0.3) is 0 Å². The first-order valence-electron chi connectivity index (χ1n) is 7.47. The number of carboxylic acid groups (broad SMARTS) is 1. The lowest BCUT2D eigenvalue weighted by atomic mass is 10.1. The summed E-state index contributed by atoms with van der Waals surface area (Å²) in [6.07, 6.45) is 2.09. The first kappa shape index (κ1) is 20.8. The zero-order valence-electron chi connectivity index (χ0n) is 13.2. The van der Waals surface area contributed by atoms with Gasteiger partial charge in [-0.25, -0.2) is 0 Å². The molecule has 0 unspecified atom stereocenters. The van der Waals surface area contributed by atoms with Gasteiger partial charge >= 0.3 is 5.97 Å². The number of nitrogens with two attached hydrogens (primary N) is 1. The second-order valence-corrected chi connectivity index (χ2v) is 4.76. The number of hydrogen-bond donors (Lipinski definition) is 3. The summed E-state index contributed by atoms with van der Waals surface area (Å²) >= 11 is 0. The van der Waals surface area contributed by atoms with Crippen LogP contribution >= 0.6 is 0 Å². The van der Waals surface area contributed by atoms with Crippen molar-refractivity contribution in [2.75, 3.05) is 46.7 Å². The third-order valence-corrected chi connectivity index (χ3v) is 2.86. The van der Waals surface area contributed by atoms with Crippen LogP contribution in [0.25, 0.3) is 0 Å². The molecule has 1 atom stereocenters. The van der Waals surface area contributed by atoms with Crippen LogP contribution in [0.1, 0.15) is 25.7 Å². The number of hydrogen-bond acceptors (Lipinski definition) is 6. The maximum atomic E-state index is 11.5. The molecule has 0 aliphatic rings. The molecule has 0 bridgehead atoms. The van der Waals surface area contributed by atoms with E-state index >= 15 is 0 Å². The lowest BCUT2D eigenvalue weighted by molar-refractivity contribution is -0.138. The number of ether oxygens (including phenoxy) is 3. The number of carbonyl (C=O) groups excluding carboxylic acids is 1. The molecule has 0 aromatic heterocycles. The molecule has 0 radical (unpaired) electrons. The Morgan fingerprint density at radius 3 is 2.36 bits per heavy atom. The highest BCUT2D eigenvalue weighted by Gasteiger charge is 2.10. The molecule has 0 aromatic carbocycles. The fraction of sp³-hybridized carbons (Fsp3) is 0.857. The largest absolute Gasteiger partial charge is 0.480 e. The van der Waals surface area contributed by atoms with E-state index in [9.17, 15) is 9.59 Å². The molecular weight excluding hydrogens is 292 g/mol. The molecule has 130 valence electrons. The Hall–Kier alpha value is -1.22. The van der Waals surface area contributed by atoms with Crippen LogP contribution in [-0.4, -0.2) is 69.7 Å². The third kappa shape index (κ3) is 13.7. The van der Waals surface area contributed by atoms with Crippen molar-refractivity contribution in [2.45, 2.75) is 31.7 Å². The van der Waals surface area contributed by atoms with Crippen molar-refractivity contribution < 1.29 is 28.9 Å². The van der Waals surface area contributed by atoms with Crippen molar-refractivity contribution in [2.24, 2.45) is 5.73 Å². The number of nitrogens with one attached hydrogen (secondary N) is 1. The van der Waals surface area contributed by atoms with Gasteiger partial charge < -0.3 is 30.4 Å². The van der Waals surface area contributed by atoms with Gasteiger partial charge in [0.1, 0.15) is 6.04 Å². The van der Waals surface area contributed by atoms with Crippen molar-refractivity contribution in [1.82, 2.24) is 5.32 Å². The topological polar surface area (TPSA) is 120 Å². The van der Waals surface area contributed by atoms with Crippen LogP contribution in [-0.2, 0) is 23.8 Å². The van der Waals surface area contributed by atoms with Crippen LogP contribution in [0.2, 0.25) is 0 Å². The first-order chi connectivity index (χ1) is 10.6. The summed E-state index contributed by atoms with van der Waals surface area (Å²) in [6, 6.07) is -0.824. The van der Waals surface area contributed by atoms with E-state index in [1.807, 2.05) is 0 Å². The summed E-state index contributed by atoms with van der Waals surface area (Å²) in [5, 5.41) is 11.4. The summed E-state index contributed by atoms with van der Waals surface area (Å²) in [5.41, 5.74) is 5.37. The lowest BCUT2D eigenvalue weighted by Gasteiger charge is -2.08. The normalized spacial score (nSPS) is 12.1. The Morgan fingerprint density at radius 1 is 1.09 bits per heavy atom. The number of amides is 1. The number of unbranched alkanes of at least 4 members (excludes halogenated alkanes) is 1. The fourth-order valence-corrected chi connectivity index (χ4v) is 1.56. The SMILES string of the molecule is COCCOCCOCCC(=O)NCCCC[C@H](N)C(=O)O. The highest BCUT2D eigenvalue weighted by Crippen LogP contribution is 1.98. The van der Waals surface area contributed by atoms with Gasteiger partial charge in [-0.15, -0.1) is 0 Å². The Bertz CT molecular complexity index is 301. The molecule has 0 saturated carbocycles. The molecule has 22 heavy (non-hydrogen) atoms. The van der Waals surface area contributed by atoms with E-state index in [2.05, 4.69) is 5.32 Å². The second-order valence-electron chi connectivity index (χ2n) is 4.76. The maximum Gasteiger partial charge on any atom is 0.320 e. The minimum absolute atomic E-state index is 0.0807. The highest BCUT2D eigenvalue weighted by atomic mass is 16.5. The van der Waals surface area contributed by atoms with Crippen molar-refractivity contribution >= 4 is 11.9 Å². The van der Waals surface area contributed by atoms with Crippen LogP contribution in [0.5, 0.6) is 0 Å². The van der Waals surface area contributed by atoms with Gasteiger partial charge in [0, 0.05) is 20.1 Å². The van der Waals surface area contributed by atoms with E-state index in [0.717, 1.165) is 0 Å². The van der Waals surface area contributed by atoms with Gasteiger partial charge in [-0.1, -0.05) is 0 Å². The average Bonchev–Trinajstić information content (AvgIpc) is 2.49. The number of carbonyl (C=O) groups is 2. The predicted octanol–water partition coefficient (Wildman–Crippen LogP) is -0.245. The van der Waals surface area contributed by atoms with Crippen molar-refractivity contribution in [3.8, 4) is 0 Å². The standard InChI is InChI=1S/C14H28N2O6/c1-20-8-9-22-11-10-21-7-5-13(17)16-6-3-2-4-12(15)14(18)19/h12H,2-11,15H2,1H3,(H,16,17)(H,18,19)/t12-/m0/s1. The van der Waals surface area contributed by atoms with E-state index in [4.69, 9.17) is 25.1 Å². The molecule has 1 amide bonds. The molecule has 0 spiro atoms. The zero-order chi connectivity index (χ0) is 16.6. The summed E-state index contributed by atoms with van der Waals surface area (Å²) in [5.74, 6) is -1.07. The summed E-state index contributed by atoms with van der Waals surface area (Å²) in [7, 11) is 1.61. The number of rotatable bonds is 15. The molecule has 8 nitrogen and oxygen atoms in total. The summed E-state index contributed by atoms with van der Waals surface area (Å²) in [4.78, 5) is 22.0. The Kier molecular flexibility index (Phi) is 13.9. The Labute approximate surface area is 131 Å². The van der Waals surface area contributed by atoms with Gasteiger partial charge in [0.05, 0.1) is 33.0 Å². The number of methoxy groups -OCH3 is 1. The monoisotopic (exact) mass is 320 g/mol. The van der Waals surface area contributed by atoms with Crippen molar-refractivity contribution in [1.29, 1.82) is 0 Å². The summed E-state index contributed by atoms with van der Waals surface area (Å²) in [6.45, 7) is 2.89. The van der Waals surface area contributed by atoms with Crippen molar-refractivity contribution in [3.63, 3.8) is 0 Å². The molecular formula is C14H28N2O6. The predicted molar refractivity (Wildman–Crippen MR) is 80.6 cm³/mol. The van der Waals surface area contributed by atoms with Gasteiger partial charge in [-0.05, 0) is 19.3 Å². The molecule has 0 saturated heterocycles. The minimum Gasteiger partial charge on any atom is -0.480 e. The van der Waals surface area contributed by atoms with Gasteiger partial charge in [-0.2, -0.15) is 0 Å². The smallest absolute Gasteiger partial charge is 0.320 e. The molecule has 0 fully saturated rings. The summed E-state index contributed by atoms with van der Waals surface area (Å²) < 4.78 is 15.3. The maximum absolute atomic E-state index is 11.5. The second kappa shape index (κ2) is 14.7. The third-order valence-electron chi connectivity index (χ3n) is 2.86. The fourth-order valence-electron chi connectivity index (χ4n) is 1.56. The highest BCUT2D eigenvalue weighted by molar-refractivity contribution is 5.75. The Morgan fingerprint density at radius 2 is 1.73 bits per heavy atom. The van der Waals surface area contributed by atoms with Crippen LogP contribution in [0.3, 0.4) is 0 Å². The average molecular weight is 320 g/mol. The van der Waals surface area contributed by atoms with Crippen LogP contribution < -0.4 is 11.1 Å². The molecule has 8 heteroatoms. The molecule has 0 heterocycles. The number of aliphatic carboxylic acids is 1. The van der Waals surface area contributed by atoms with Gasteiger partial charge in [0.15, 0.2) is 0 Å². The zero-order valence-corrected chi connectivity index (χ0v) is 13.2.